The van der Waals surface area contributed by atoms with E-state index < -0.39 is 6.09 Å². The van der Waals surface area contributed by atoms with E-state index in [2.05, 4.69) is 10.1 Å². The molecule has 0 aliphatic rings. The fourth-order valence-corrected chi connectivity index (χ4v) is 1.75. The SMILES string of the molecule is Nc1cccc2c(OC(=O)n3cccn3)c[nH]c12. The first-order chi connectivity index (χ1) is 8.75. The first-order valence-corrected chi connectivity index (χ1v) is 5.33. The van der Waals surface area contributed by atoms with Crippen LogP contribution >= 0.6 is 0 Å². The highest BCUT2D eigenvalue weighted by molar-refractivity contribution is 5.95. The predicted molar refractivity (Wildman–Crippen MR) is 66.4 cm³/mol. The van der Waals surface area contributed by atoms with E-state index in [9.17, 15) is 4.79 Å². The van der Waals surface area contributed by atoms with Crippen LogP contribution in [0.4, 0.5) is 10.5 Å². The number of aromatic amines is 1. The number of anilines is 1. The number of H-pyrrole nitrogens is 1. The Hall–Kier alpha value is -2.76. The van der Waals surface area contributed by atoms with Gasteiger partial charge in [-0.3, -0.25) is 0 Å². The summed E-state index contributed by atoms with van der Waals surface area (Å²) in [5.41, 5.74) is 7.16. The van der Waals surface area contributed by atoms with Gasteiger partial charge in [0.15, 0.2) is 5.75 Å². The van der Waals surface area contributed by atoms with Gasteiger partial charge in [0.05, 0.1) is 11.2 Å². The third kappa shape index (κ3) is 1.60. The number of hydrogen-bond donors (Lipinski definition) is 2. The van der Waals surface area contributed by atoms with Gasteiger partial charge in [-0.05, 0) is 18.2 Å². The minimum absolute atomic E-state index is 0.429. The molecule has 0 atom stereocenters. The number of nitrogens with one attached hydrogen (secondary N) is 1. The molecule has 0 bridgehead atoms. The van der Waals surface area contributed by atoms with Gasteiger partial charge in [0, 0.05) is 24.0 Å². The van der Waals surface area contributed by atoms with E-state index in [-0.39, 0.29) is 0 Å². The molecule has 3 rings (SSSR count). The highest BCUT2D eigenvalue weighted by atomic mass is 16.6. The molecule has 6 heteroatoms. The molecule has 0 fully saturated rings. The Bertz CT molecular complexity index is 700. The lowest BCUT2D eigenvalue weighted by Crippen LogP contribution is -2.16. The van der Waals surface area contributed by atoms with Crippen LogP contribution in [0, 0.1) is 0 Å². The van der Waals surface area contributed by atoms with E-state index in [1.54, 1.807) is 24.4 Å². The molecular formula is C12H10N4O2. The van der Waals surface area contributed by atoms with Crippen molar-refractivity contribution < 1.29 is 9.53 Å². The summed E-state index contributed by atoms with van der Waals surface area (Å²) in [6.45, 7) is 0. The zero-order valence-corrected chi connectivity index (χ0v) is 9.33. The summed E-state index contributed by atoms with van der Waals surface area (Å²) in [7, 11) is 0. The first kappa shape index (κ1) is 10.4. The molecule has 90 valence electrons. The van der Waals surface area contributed by atoms with Crippen molar-refractivity contribution in [2.75, 3.05) is 5.73 Å². The molecule has 1 aromatic carbocycles. The highest BCUT2D eigenvalue weighted by Crippen LogP contribution is 2.28. The molecule has 0 saturated carbocycles. The van der Waals surface area contributed by atoms with Crippen LogP contribution < -0.4 is 10.5 Å². The van der Waals surface area contributed by atoms with E-state index >= 15 is 0 Å². The van der Waals surface area contributed by atoms with Crippen molar-refractivity contribution in [1.82, 2.24) is 14.8 Å². The molecule has 0 spiro atoms. The van der Waals surface area contributed by atoms with E-state index in [1.807, 2.05) is 6.07 Å². The number of para-hydroxylation sites is 1. The summed E-state index contributed by atoms with van der Waals surface area (Å²) in [6.07, 6.45) is 4.06. The number of nitrogen functional groups attached to an aromatic ring is 1. The molecule has 3 N–H and O–H groups in total. The quantitative estimate of drug-likeness (QED) is 0.639. The van der Waals surface area contributed by atoms with Crippen LogP contribution in [-0.4, -0.2) is 20.9 Å². The number of benzene rings is 1. The number of fused-ring (bicyclic) bond motifs is 1. The van der Waals surface area contributed by atoms with E-state index in [0.29, 0.717) is 11.4 Å². The lowest BCUT2D eigenvalue weighted by atomic mass is 10.2. The Kier molecular flexibility index (Phi) is 2.26. The molecule has 0 amide bonds. The number of ether oxygens (including phenoxy) is 1. The zero-order valence-electron chi connectivity index (χ0n) is 9.33. The van der Waals surface area contributed by atoms with Gasteiger partial charge in [-0.15, -0.1) is 0 Å². The first-order valence-electron chi connectivity index (χ1n) is 5.33. The lowest BCUT2D eigenvalue weighted by molar-refractivity contribution is 0.199. The van der Waals surface area contributed by atoms with Crippen molar-refractivity contribution in [1.29, 1.82) is 0 Å². The normalized spacial score (nSPS) is 10.7. The Labute approximate surface area is 102 Å². The van der Waals surface area contributed by atoms with E-state index in [0.717, 1.165) is 15.6 Å². The van der Waals surface area contributed by atoms with Gasteiger partial charge in [-0.1, -0.05) is 6.07 Å². The third-order valence-electron chi connectivity index (χ3n) is 2.60. The van der Waals surface area contributed by atoms with Crippen LogP contribution in [0.15, 0.2) is 42.9 Å². The molecular weight excluding hydrogens is 232 g/mol. The number of carbonyl (C=O) groups is 1. The standard InChI is InChI=1S/C12H10N4O2/c13-9-4-1-3-8-10(7-14-11(8)9)18-12(17)16-6-2-5-15-16/h1-7,14H,13H2. The van der Waals surface area contributed by atoms with Crippen LogP contribution in [0.5, 0.6) is 5.75 Å². The Balaban J connectivity index is 1.96. The molecule has 0 radical (unpaired) electrons. The van der Waals surface area contributed by atoms with Crippen molar-refractivity contribution in [3.8, 4) is 5.75 Å². The summed E-state index contributed by atoms with van der Waals surface area (Å²) in [4.78, 5) is 14.7. The molecule has 0 unspecified atom stereocenters. The van der Waals surface area contributed by atoms with Gasteiger partial charge < -0.3 is 15.5 Å². The van der Waals surface area contributed by atoms with Crippen LogP contribution in [-0.2, 0) is 0 Å². The van der Waals surface area contributed by atoms with Crippen LogP contribution in [0.1, 0.15) is 0 Å². The van der Waals surface area contributed by atoms with Crippen LogP contribution in [0.25, 0.3) is 10.9 Å². The fourth-order valence-electron chi connectivity index (χ4n) is 1.75. The van der Waals surface area contributed by atoms with Crippen molar-refractivity contribution >= 4 is 22.7 Å². The molecule has 0 saturated heterocycles. The summed E-state index contributed by atoms with van der Waals surface area (Å²) >= 11 is 0. The van der Waals surface area contributed by atoms with Gasteiger partial charge >= 0.3 is 6.09 Å². The predicted octanol–water partition coefficient (Wildman–Crippen LogP) is 1.99. The highest BCUT2D eigenvalue weighted by Gasteiger charge is 2.12. The average Bonchev–Trinajstić information content (AvgIpc) is 2.99. The Morgan fingerprint density at radius 3 is 3.06 bits per heavy atom. The summed E-state index contributed by atoms with van der Waals surface area (Å²) < 4.78 is 6.36. The van der Waals surface area contributed by atoms with E-state index in [1.165, 1.54) is 12.4 Å². The van der Waals surface area contributed by atoms with Crippen molar-refractivity contribution in [3.05, 3.63) is 42.9 Å². The van der Waals surface area contributed by atoms with Crippen molar-refractivity contribution in [2.24, 2.45) is 0 Å². The summed E-state index contributed by atoms with van der Waals surface area (Å²) in [5.74, 6) is 0.429. The Morgan fingerprint density at radius 1 is 1.39 bits per heavy atom. The smallest absolute Gasteiger partial charge is 0.406 e. The van der Waals surface area contributed by atoms with Gasteiger partial charge in [-0.2, -0.15) is 9.78 Å². The number of carbonyl (C=O) groups excluding carboxylic acids is 1. The number of rotatable bonds is 1. The fraction of sp³-hybridized carbons (Fsp3) is 0. The second-order valence-electron chi connectivity index (χ2n) is 3.74. The molecule has 2 heterocycles. The Morgan fingerprint density at radius 2 is 2.28 bits per heavy atom. The summed E-state index contributed by atoms with van der Waals surface area (Å²) in [5, 5.41) is 4.56. The number of nitrogens with zero attached hydrogens (tertiary/aromatic N) is 2. The largest absolute Gasteiger partial charge is 0.440 e. The molecule has 3 aromatic rings. The molecule has 6 nitrogen and oxygen atoms in total. The van der Waals surface area contributed by atoms with E-state index in [4.69, 9.17) is 10.5 Å². The van der Waals surface area contributed by atoms with Crippen LogP contribution in [0.3, 0.4) is 0 Å². The third-order valence-corrected chi connectivity index (χ3v) is 2.60. The van der Waals surface area contributed by atoms with Crippen molar-refractivity contribution in [3.63, 3.8) is 0 Å². The van der Waals surface area contributed by atoms with Gasteiger partial charge in [0.1, 0.15) is 0 Å². The minimum Gasteiger partial charge on any atom is -0.406 e. The van der Waals surface area contributed by atoms with Gasteiger partial charge in [0.2, 0.25) is 0 Å². The maximum atomic E-state index is 11.7. The van der Waals surface area contributed by atoms with Gasteiger partial charge in [-0.25, -0.2) is 4.79 Å². The summed E-state index contributed by atoms with van der Waals surface area (Å²) in [6, 6.07) is 7.05. The number of aromatic nitrogens is 3. The molecule has 0 aliphatic carbocycles. The maximum absolute atomic E-state index is 11.7. The molecule has 2 aromatic heterocycles. The maximum Gasteiger partial charge on any atom is 0.440 e. The lowest BCUT2D eigenvalue weighted by Gasteiger charge is -2.02. The average molecular weight is 242 g/mol. The number of nitrogens with two attached hydrogens (primary N) is 1. The monoisotopic (exact) mass is 242 g/mol. The second-order valence-corrected chi connectivity index (χ2v) is 3.74. The zero-order chi connectivity index (χ0) is 12.5. The van der Waals surface area contributed by atoms with Crippen LogP contribution in [0.2, 0.25) is 0 Å². The number of hydrogen-bond acceptors (Lipinski definition) is 4. The topological polar surface area (TPSA) is 85.9 Å². The molecule has 18 heavy (non-hydrogen) atoms. The molecule has 0 aliphatic heterocycles. The minimum atomic E-state index is -0.566. The van der Waals surface area contributed by atoms with Crippen molar-refractivity contribution in [2.45, 2.75) is 0 Å². The second kappa shape index (κ2) is 3.92. The van der Waals surface area contributed by atoms with Gasteiger partial charge in [0.25, 0.3) is 0 Å².